The van der Waals surface area contributed by atoms with Gasteiger partial charge in [-0.1, -0.05) is 0 Å². The first kappa shape index (κ1) is 13.5. The third-order valence-corrected chi connectivity index (χ3v) is 4.44. The first-order valence-electron chi connectivity index (χ1n) is 6.45. The number of carbonyl (C=O) groups is 1. The maximum atomic E-state index is 12.0. The number of nitrogens with one attached hydrogen (secondary N) is 2. The van der Waals surface area contributed by atoms with Crippen molar-refractivity contribution in [1.82, 2.24) is 15.6 Å². The molecule has 0 radical (unpaired) electrons. The number of hydrogen-bond donors (Lipinski definition) is 2. The van der Waals surface area contributed by atoms with Gasteiger partial charge in [0.05, 0.1) is 5.54 Å². The molecule has 1 unspecified atom stereocenters. The maximum Gasteiger partial charge on any atom is 0.222 e. The molecule has 18 heavy (non-hydrogen) atoms. The Morgan fingerprint density at radius 3 is 3.00 bits per heavy atom. The van der Waals surface area contributed by atoms with E-state index in [1.165, 1.54) is 11.3 Å². The first-order valence-corrected chi connectivity index (χ1v) is 7.26. The number of aryl methyl sites for hydroxylation is 1. The van der Waals surface area contributed by atoms with E-state index in [1.807, 2.05) is 27.0 Å². The largest absolute Gasteiger partial charge is 0.345 e. The molecule has 2 heterocycles. The molecule has 100 valence electrons. The lowest BCUT2D eigenvalue weighted by Crippen LogP contribution is -2.43. The molecule has 0 saturated carbocycles. The zero-order valence-corrected chi connectivity index (χ0v) is 12.1. The van der Waals surface area contributed by atoms with Crippen LogP contribution in [0.3, 0.4) is 0 Å². The molecule has 0 spiro atoms. The fraction of sp³-hybridized carbons (Fsp3) is 0.692. The molecule has 0 aromatic carbocycles. The summed E-state index contributed by atoms with van der Waals surface area (Å²) in [5.74, 6) is 0.104. The van der Waals surface area contributed by atoms with Gasteiger partial charge >= 0.3 is 0 Å². The van der Waals surface area contributed by atoms with Crippen LogP contribution in [0.2, 0.25) is 0 Å². The smallest absolute Gasteiger partial charge is 0.222 e. The van der Waals surface area contributed by atoms with Crippen molar-refractivity contribution in [2.75, 3.05) is 6.54 Å². The second-order valence-electron chi connectivity index (χ2n) is 5.45. The van der Waals surface area contributed by atoms with Crippen LogP contribution in [0.4, 0.5) is 0 Å². The van der Waals surface area contributed by atoms with Crippen molar-refractivity contribution < 1.29 is 4.79 Å². The summed E-state index contributed by atoms with van der Waals surface area (Å²) in [6.07, 6.45) is 4.69. The van der Waals surface area contributed by atoms with Crippen LogP contribution in [0.1, 0.15) is 43.0 Å². The number of nitrogens with zero attached hydrogens (tertiary/aromatic N) is 1. The van der Waals surface area contributed by atoms with Gasteiger partial charge in [-0.2, -0.15) is 0 Å². The van der Waals surface area contributed by atoms with E-state index >= 15 is 0 Å². The maximum absolute atomic E-state index is 12.0. The standard InChI is InChI=1S/C13H21N3OS/c1-9-8-15-12(18-9)13(2,3)16-11(17)7-10-5-4-6-14-10/h8,10,14H,4-7H2,1-3H3,(H,16,17). The molecule has 1 fully saturated rings. The second kappa shape index (κ2) is 5.36. The predicted molar refractivity (Wildman–Crippen MR) is 73.7 cm³/mol. The average molecular weight is 267 g/mol. The molecule has 1 atom stereocenters. The van der Waals surface area contributed by atoms with E-state index in [-0.39, 0.29) is 11.4 Å². The quantitative estimate of drug-likeness (QED) is 0.876. The minimum absolute atomic E-state index is 0.104. The van der Waals surface area contributed by atoms with Crippen molar-refractivity contribution in [1.29, 1.82) is 0 Å². The molecule has 1 aromatic heterocycles. The number of rotatable bonds is 4. The van der Waals surface area contributed by atoms with Crippen molar-refractivity contribution in [2.45, 2.75) is 51.6 Å². The van der Waals surface area contributed by atoms with Crippen LogP contribution in [0.25, 0.3) is 0 Å². The Kier molecular flexibility index (Phi) is 4.02. The van der Waals surface area contributed by atoms with Crippen LogP contribution in [0.5, 0.6) is 0 Å². The van der Waals surface area contributed by atoms with Gasteiger partial charge in [0.25, 0.3) is 0 Å². The molecule has 2 N–H and O–H groups in total. The Morgan fingerprint density at radius 1 is 1.67 bits per heavy atom. The van der Waals surface area contributed by atoms with E-state index in [2.05, 4.69) is 15.6 Å². The van der Waals surface area contributed by atoms with Gasteiger partial charge in [0.1, 0.15) is 5.01 Å². The molecule has 1 saturated heterocycles. The molecule has 4 nitrogen and oxygen atoms in total. The predicted octanol–water partition coefficient (Wildman–Crippen LogP) is 1.94. The minimum Gasteiger partial charge on any atom is -0.345 e. The van der Waals surface area contributed by atoms with Crippen molar-refractivity contribution in [3.63, 3.8) is 0 Å². The molecule has 1 amide bonds. The first-order chi connectivity index (χ1) is 8.47. The number of carbonyl (C=O) groups excluding carboxylic acids is 1. The summed E-state index contributed by atoms with van der Waals surface area (Å²) in [4.78, 5) is 17.6. The van der Waals surface area contributed by atoms with E-state index in [0.717, 1.165) is 18.0 Å². The minimum atomic E-state index is -0.380. The fourth-order valence-corrected chi connectivity index (χ4v) is 3.07. The van der Waals surface area contributed by atoms with E-state index < -0.39 is 0 Å². The number of amides is 1. The van der Waals surface area contributed by atoms with Gasteiger partial charge in [0.2, 0.25) is 5.91 Å². The van der Waals surface area contributed by atoms with Gasteiger partial charge in [-0.3, -0.25) is 4.79 Å². The highest BCUT2D eigenvalue weighted by Crippen LogP contribution is 2.25. The van der Waals surface area contributed by atoms with Crippen LogP contribution in [0, 0.1) is 6.92 Å². The van der Waals surface area contributed by atoms with E-state index in [4.69, 9.17) is 0 Å². The van der Waals surface area contributed by atoms with E-state index in [1.54, 1.807) is 11.3 Å². The Morgan fingerprint density at radius 2 is 2.44 bits per heavy atom. The zero-order chi connectivity index (χ0) is 13.2. The van der Waals surface area contributed by atoms with E-state index in [0.29, 0.717) is 12.5 Å². The highest BCUT2D eigenvalue weighted by molar-refractivity contribution is 7.11. The highest BCUT2D eigenvalue weighted by atomic mass is 32.1. The molecule has 2 rings (SSSR count). The summed E-state index contributed by atoms with van der Waals surface area (Å²) < 4.78 is 0. The summed E-state index contributed by atoms with van der Waals surface area (Å²) in [5, 5.41) is 7.39. The van der Waals surface area contributed by atoms with Crippen molar-refractivity contribution in [3.05, 3.63) is 16.1 Å². The molecule has 0 bridgehead atoms. The molecule has 1 aliphatic heterocycles. The lowest BCUT2D eigenvalue weighted by Gasteiger charge is -2.24. The van der Waals surface area contributed by atoms with Crippen LogP contribution in [-0.2, 0) is 10.3 Å². The molecule has 5 heteroatoms. The number of aromatic nitrogens is 1. The van der Waals surface area contributed by atoms with Gasteiger partial charge in [-0.15, -0.1) is 11.3 Å². The summed E-state index contributed by atoms with van der Waals surface area (Å²) >= 11 is 1.64. The third kappa shape index (κ3) is 3.29. The fourth-order valence-electron chi connectivity index (χ4n) is 2.25. The highest BCUT2D eigenvalue weighted by Gasteiger charge is 2.27. The molecule has 0 aliphatic carbocycles. The number of thiazole rings is 1. The van der Waals surface area contributed by atoms with Crippen molar-refractivity contribution >= 4 is 17.2 Å². The van der Waals surface area contributed by atoms with Crippen LogP contribution >= 0.6 is 11.3 Å². The Balaban J connectivity index is 1.92. The van der Waals surface area contributed by atoms with Crippen LogP contribution < -0.4 is 10.6 Å². The van der Waals surface area contributed by atoms with Gasteiger partial charge in [-0.05, 0) is 40.2 Å². The topological polar surface area (TPSA) is 54.0 Å². The van der Waals surface area contributed by atoms with Gasteiger partial charge in [0.15, 0.2) is 0 Å². The van der Waals surface area contributed by atoms with Gasteiger partial charge in [-0.25, -0.2) is 4.98 Å². The molecular formula is C13H21N3OS. The van der Waals surface area contributed by atoms with Crippen LogP contribution in [0.15, 0.2) is 6.20 Å². The zero-order valence-electron chi connectivity index (χ0n) is 11.2. The third-order valence-electron chi connectivity index (χ3n) is 3.20. The average Bonchev–Trinajstić information content (AvgIpc) is 2.88. The van der Waals surface area contributed by atoms with E-state index in [9.17, 15) is 4.79 Å². The summed E-state index contributed by atoms with van der Waals surface area (Å²) in [7, 11) is 0. The normalized spacial score (nSPS) is 20.1. The Bertz CT molecular complexity index is 422. The summed E-state index contributed by atoms with van der Waals surface area (Å²) in [6.45, 7) is 7.07. The Labute approximate surface area is 112 Å². The van der Waals surface area contributed by atoms with Gasteiger partial charge < -0.3 is 10.6 Å². The number of hydrogen-bond acceptors (Lipinski definition) is 4. The van der Waals surface area contributed by atoms with Crippen LogP contribution in [-0.4, -0.2) is 23.5 Å². The lowest BCUT2D eigenvalue weighted by molar-refractivity contribution is -0.123. The van der Waals surface area contributed by atoms with Gasteiger partial charge in [0, 0.05) is 23.5 Å². The molecule has 1 aromatic rings. The second-order valence-corrected chi connectivity index (χ2v) is 6.68. The van der Waals surface area contributed by atoms with Crippen molar-refractivity contribution in [2.24, 2.45) is 0 Å². The lowest BCUT2D eigenvalue weighted by atomic mass is 10.1. The monoisotopic (exact) mass is 267 g/mol. The molecule has 1 aliphatic rings. The molecular weight excluding hydrogens is 246 g/mol. The SMILES string of the molecule is Cc1cnc(C(C)(C)NC(=O)CC2CCCN2)s1. The van der Waals surface area contributed by atoms with Crippen molar-refractivity contribution in [3.8, 4) is 0 Å². The summed E-state index contributed by atoms with van der Waals surface area (Å²) in [5.41, 5.74) is -0.380. The summed E-state index contributed by atoms with van der Waals surface area (Å²) in [6, 6.07) is 0.346. The Hall–Kier alpha value is -0.940.